The second-order valence-electron chi connectivity index (χ2n) is 7.08. The summed E-state index contributed by atoms with van der Waals surface area (Å²) in [5, 5.41) is 2.56. The van der Waals surface area contributed by atoms with E-state index in [1.165, 1.54) is 7.11 Å². The van der Waals surface area contributed by atoms with Crippen molar-refractivity contribution in [1.29, 1.82) is 0 Å². The monoisotopic (exact) mass is 381 g/mol. The van der Waals surface area contributed by atoms with E-state index in [2.05, 4.69) is 29.6 Å². The van der Waals surface area contributed by atoms with Crippen LogP contribution in [0.5, 0.6) is 0 Å². The zero-order valence-electron chi connectivity index (χ0n) is 15.7. The van der Waals surface area contributed by atoms with Gasteiger partial charge < -0.3 is 19.5 Å². The average Bonchev–Trinajstić information content (AvgIpc) is 3.50. The zero-order chi connectivity index (χ0) is 19.5. The predicted octanol–water partition coefficient (Wildman–Crippen LogP) is 3.25. The van der Waals surface area contributed by atoms with E-state index < -0.39 is 18.1 Å². The van der Waals surface area contributed by atoms with Crippen molar-refractivity contribution in [3.63, 3.8) is 0 Å². The Labute approximate surface area is 163 Å². The topological polar surface area (TPSA) is 73.9 Å². The second kappa shape index (κ2) is 8.02. The quantitative estimate of drug-likeness (QED) is 0.746. The van der Waals surface area contributed by atoms with Crippen LogP contribution in [0.1, 0.15) is 29.9 Å². The summed E-state index contributed by atoms with van der Waals surface area (Å²) in [4.78, 5) is 24.2. The number of hydrogen-bond acceptors (Lipinski definition) is 5. The van der Waals surface area contributed by atoms with Gasteiger partial charge in [-0.1, -0.05) is 48.5 Å². The van der Waals surface area contributed by atoms with Crippen molar-refractivity contribution < 1.29 is 23.8 Å². The first kappa shape index (κ1) is 18.5. The van der Waals surface area contributed by atoms with Crippen molar-refractivity contribution in [2.75, 3.05) is 20.3 Å². The number of benzene rings is 2. The Hall–Kier alpha value is -2.86. The first-order valence-corrected chi connectivity index (χ1v) is 9.48. The van der Waals surface area contributed by atoms with E-state index in [0.717, 1.165) is 35.1 Å². The second-order valence-corrected chi connectivity index (χ2v) is 7.08. The Kier molecular flexibility index (Phi) is 5.30. The third kappa shape index (κ3) is 3.87. The lowest BCUT2D eigenvalue weighted by atomic mass is 9.98. The minimum atomic E-state index is -0.874. The van der Waals surface area contributed by atoms with E-state index in [4.69, 9.17) is 14.2 Å². The number of carbonyl (C=O) groups is 2. The zero-order valence-corrected chi connectivity index (χ0v) is 15.7. The van der Waals surface area contributed by atoms with Crippen LogP contribution >= 0.6 is 0 Å². The fraction of sp³-hybridized carbons (Fsp3) is 0.364. The molecule has 1 amide bonds. The number of methoxy groups -OCH3 is 1. The number of hydrogen-bond donors (Lipinski definition) is 1. The Bertz CT molecular complexity index is 831. The highest BCUT2D eigenvalue weighted by atomic mass is 16.6. The van der Waals surface area contributed by atoms with Crippen LogP contribution < -0.4 is 5.32 Å². The number of alkyl carbamates (subject to hydrolysis) is 1. The lowest BCUT2D eigenvalue weighted by Gasteiger charge is -2.18. The maximum Gasteiger partial charge on any atom is 0.407 e. The minimum Gasteiger partial charge on any atom is -0.467 e. The number of amides is 1. The highest BCUT2D eigenvalue weighted by Gasteiger charge is 2.31. The lowest BCUT2D eigenvalue weighted by Crippen LogP contribution is -2.45. The number of nitrogens with one attached hydrogen (secondary N) is 1. The van der Waals surface area contributed by atoms with Crippen LogP contribution in [0.3, 0.4) is 0 Å². The maximum atomic E-state index is 12.3. The van der Waals surface area contributed by atoms with Crippen LogP contribution in [0.4, 0.5) is 4.79 Å². The van der Waals surface area contributed by atoms with Gasteiger partial charge in [0.1, 0.15) is 6.61 Å². The van der Waals surface area contributed by atoms with Gasteiger partial charge in [0, 0.05) is 5.92 Å². The van der Waals surface area contributed by atoms with E-state index >= 15 is 0 Å². The molecule has 1 unspecified atom stereocenters. The molecule has 6 nitrogen and oxygen atoms in total. The first-order valence-electron chi connectivity index (χ1n) is 9.48. The number of esters is 1. The van der Waals surface area contributed by atoms with E-state index in [-0.39, 0.29) is 25.2 Å². The van der Waals surface area contributed by atoms with Gasteiger partial charge >= 0.3 is 12.1 Å². The Balaban J connectivity index is 1.40. The summed E-state index contributed by atoms with van der Waals surface area (Å²) in [6.07, 6.45) is 1.49. The normalized spacial score (nSPS) is 16.0. The molecule has 2 aromatic rings. The highest BCUT2D eigenvalue weighted by molar-refractivity contribution is 5.82. The van der Waals surface area contributed by atoms with Crippen molar-refractivity contribution >= 4 is 12.1 Å². The van der Waals surface area contributed by atoms with E-state index in [9.17, 15) is 9.59 Å². The molecule has 1 fully saturated rings. The van der Waals surface area contributed by atoms with Gasteiger partial charge in [-0.15, -0.1) is 0 Å². The fourth-order valence-electron chi connectivity index (χ4n) is 3.56. The molecule has 6 heteroatoms. The molecule has 0 aliphatic heterocycles. The van der Waals surface area contributed by atoms with Crippen molar-refractivity contribution in [2.24, 2.45) is 0 Å². The van der Waals surface area contributed by atoms with Crippen LogP contribution in [-0.2, 0) is 19.0 Å². The van der Waals surface area contributed by atoms with Crippen molar-refractivity contribution in [3.8, 4) is 11.1 Å². The molecule has 2 aromatic carbocycles. The maximum absolute atomic E-state index is 12.3. The van der Waals surface area contributed by atoms with Gasteiger partial charge in [0.05, 0.1) is 19.8 Å². The molecule has 28 heavy (non-hydrogen) atoms. The van der Waals surface area contributed by atoms with Gasteiger partial charge in [-0.2, -0.15) is 0 Å². The van der Waals surface area contributed by atoms with Crippen molar-refractivity contribution in [3.05, 3.63) is 59.7 Å². The van der Waals surface area contributed by atoms with Crippen LogP contribution in [0.2, 0.25) is 0 Å². The van der Waals surface area contributed by atoms with Crippen LogP contribution in [0.15, 0.2) is 48.5 Å². The van der Waals surface area contributed by atoms with Gasteiger partial charge in [0.25, 0.3) is 0 Å². The largest absolute Gasteiger partial charge is 0.467 e. The SMILES string of the molecule is COC(=O)C(COC1CC1)NC(=O)OCC1c2ccccc2-c2ccccc21. The average molecular weight is 381 g/mol. The molecular weight excluding hydrogens is 358 g/mol. The predicted molar refractivity (Wildman–Crippen MR) is 103 cm³/mol. The molecule has 4 rings (SSSR count). The molecule has 1 saturated carbocycles. The smallest absolute Gasteiger partial charge is 0.407 e. The van der Waals surface area contributed by atoms with Gasteiger partial charge in [-0.25, -0.2) is 9.59 Å². The standard InChI is InChI=1S/C22H23NO5/c1-26-21(24)20(13-27-14-10-11-14)23-22(25)28-12-19-17-8-4-2-6-15(17)16-7-3-5-9-18(16)19/h2-9,14,19-20H,10-13H2,1H3,(H,23,25). The van der Waals surface area contributed by atoms with Gasteiger partial charge in [-0.05, 0) is 35.1 Å². The summed E-state index contributed by atoms with van der Waals surface area (Å²) in [5.41, 5.74) is 4.60. The third-order valence-corrected chi connectivity index (χ3v) is 5.14. The summed E-state index contributed by atoms with van der Waals surface area (Å²) in [7, 11) is 1.28. The summed E-state index contributed by atoms with van der Waals surface area (Å²) >= 11 is 0. The van der Waals surface area contributed by atoms with E-state index in [1.807, 2.05) is 24.3 Å². The molecule has 0 heterocycles. The van der Waals surface area contributed by atoms with Gasteiger partial charge in [-0.3, -0.25) is 0 Å². The highest BCUT2D eigenvalue weighted by Crippen LogP contribution is 2.44. The Morgan fingerprint density at radius 3 is 2.21 bits per heavy atom. The molecule has 0 aromatic heterocycles. The Morgan fingerprint density at radius 1 is 1.04 bits per heavy atom. The number of carbonyl (C=O) groups excluding carboxylic acids is 2. The van der Waals surface area contributed by atoms with Gasteiger partial charge in [0.15, 0.2) is 6.04 Å². The molecule has 0 bridgehead atoms. The number of rotatable bonds is 7. The van der Waals surface area contributed by atoms with Crippen molar-refractivity contribution in [2.45, 2.75) is 30.9 Å². The Morgan fingerprint density at radius 2 is 1.64 bits per heavy atom. The summed E-state index contributed by atoms with van der Waals surface area (Å²) in [5.74, 6) is -0.577. The van der Waals surface area contributed by atoms with Crippen molar-refractivity contribution in [1.82, 2.24) is 5.32 Å². The minimum absolute atomic E-state index is 0.0301. The molecule has 1 atom stereocenters. The molecule has 146 valence electrons. The van der Waals surface area contributed by atoms with Crippen LogP contribution in [-0.4, -0.2) is 44.5 Å². The summed E-state index contributed by atoms with van der Waals surface area (Å²) < 4.78 is 15.8. The van der Waals surface area contributed by atoms with Crippen LogP contribution in [0.25, 0.3) is 11.1 Å². The molecule has 2 aliphatic rings. The van der Waals surface area contributed by atoms with E-state index in [1.54, 1.807) is 0 Å². The van der Waals surface area contributed by atoms with E-state index in [0.29, 0.717) is 0 Å². The lowest BCUT2D eigenvalue weighted by molar-refractivity contribution is -0.144. The fourth-order valence-corrected chi connectivity index (χ4v) is 3.56. The van der Waals surface area contributed by atoms with Crippen LogP contribution in [0, 0.1) is 0 Å². The molecule has 1 N–H and O–H groups in total. The molecule has 0 radical (unpaired) electrons. The molecular formula is C22H23NO5. The molecule has 0 saturated heterocycles. The molecule has 0 spiro atoms. The number of fused-ring (bicyclic) bond motifs is 3. The number of ether oxygens (including phenoxy) is 3. The first-order chi connectivity index (χ1) is 13.7. The summed E-state index contributed by atoms with van der Waals surface area (Å²) in [6.45, 7) is 0.277. The molecule has 2 aliphatic carbocycles. The van der Waals surface area contributed by atoms with Gasteiger partial charge in [0.2, 0.25) is 0 Å². The summed E-state index contributed by atoms with van der Waals surface area (Å²) in [6, 6.07) is 15.4. The third-order valence-electron chi connectivity index (χ3n) is 5.14.